The number of hydrogen-bond donors (Lipinski definition) is 0. The molecule has 1 saturated heterocycles. The largest absolute Gasteiger partial charge is 0.467 e. The topological polar surface area (TPSA) is 59.1 Å². The van der Waals surface area contributed by atoms with Crippen molar-refractivity contribution in [1.29, 1.82) is 0 Å². The minimum atomic E-state index is -0.575. The number of nitrogens with zero attached hydrogens (tertiary/aromatic N) is 2. The van der Waals surface area contributed by atoms with Crippen LogP contribution in [0.1, 0.15) is 27.2 Å². The minimum Gasteiger partial charge on any atom is -0.467 e. The SMILES string of the molecule is COC(=O)C1CC(N(C)C)CN1C(=O)OC(C)(C)C. The number of carbonyl (C=O) groups is 2. The third-order valence-corrected chi connectivity index (χ3v) is 3.11. The van der Waals surface area contributed by atoms with E-state index in [4.69, 9.17) is 9.47 Å². The van der Waals surface area contributed by atoms with Crippen LogP contribution in [0.25, 0.3) is 0 Å². The molecule has 1 fully saturated rings. The molecule has 0 aliphatic carbocycles. The van der Waals surface area contributed by atoms with Crippen molar-refractivity contribution in [2.45, 2.75) is 44.9 Å². The van der Waals surface area contributed by atoms with Gasteiger partial charge in [-0.3, -0.25) is 4.90 Å². The van der Waals surface area contributed by atoms with Crippen molar-refractivity contribution in [3.05, 3.63) is 0 Å². The number of ether oxygens (including phenoxy) is 2. The van der Waals surface area contributed by atoms with Gasteiger partial charge in [-0.15, -0.1) is 0 Å². The van der Waals surface area contributed by atoms with Crippen LogP contribution < -0.4 is 0 Å². The molecule has 0 radical (unpaired) electrons. The van der Waals surface area contributed by atoms with E-state index in [9.17, 15) is 9.59 Å². The van der Waals surface area contributed by atoms with E-state index in [1.165, 1.54) is 12.0 Å². The highest BCUT2D eigenvalue weighted by Crippen LogP contribution is 2.24. The first-order valence-corrected chi connectivity index (χ1v) is 6.39. The summed E-state index contributed by atoms with van der Waals surface area (Å²) in [4.78, 5) is 27.4. The minimum absolute atomic E-state index is 0.136. The summed E-state index contributed by atoms with van der Waals surface area (Å²) >= 11 is 0. The lowest BCUT2D eigenvalue weighted by atomic mass is 10.1. The third kappa shape index (κ3) is 4.09. The molecule has 1 amide bonds. The molecule has 1 heterocycles. The Labute approximate surface area is 114 Å². The lowest BCUT2D eigenvalue weighted by Gasteiger charge is -2.27. The summed E-state index contributed by atoms with van der Waals surface area (Å²) in [6.45, 7) is 5.88. The molecular weight excluding hydrogens is 248 g/mol. The number of hydrogen-bond acceptors (Lipinski definition) is 5. The van der Waals surface area contributed by atoms with Gasteiger partial charge in [0.2, 0.25) is 0 Å². The highest BCUT2D eigenvalue weighted by molar-refractivity contribution is 5.82. The molecule has 0 bridgehead atoms. The monoisotopic (exact) mass is 272 g/mol. The highest BCUT2D eigenvalue weighted by atomic mass is 16.6. The molecule has 19 heavy (non-hydrogen) atoms. The molecule has 6 heteroatoms. The number of esters is 1. The Morgan fingerprint density at radius 1 is 1.26 bits per heavy atom. The molecule has 0 aromatic rings. The van der Waals surface area contributed by atoms with Gasteiger partial charge in [0.25, 0.3) is 0 Å². The summed E-state index contributed by atoms with van der Waals surface area (Å²) in [5.74, 6) is -0.393. The van der Waals surface area contributed by atoms with Crippen LogP contribution in [-0.4, -0.2) is 67.3 Å². The van der Waals surface area contributed by atoms with E-state index in [-0.39, 0.29) is 6.04 Å². The number of likely N-dealkylation sites (N-methyl/N-ethyl adjacent to an activating group) is 1. The Hall–Kier alpha value is -1.30. The summed E-state index contributed by atoms with van der Waals surface area (Å²) < 4.78 is 10.1. The van der Waals surface area contributed by atoms with E-state index < -0.39 is 23.7 Å². The first kappa shape index (κ1) is 15.8. The molecule has 0 aromatic heterocycles. The van der Waals surface area contributed by atoms with Crippen LogP contribution >= 0.6 is 0 Å². The number of likely N-dealkylation sites (tertiary alicyclic amines) is 1. The van der Waals surface area contributed by atoms with Gasteiger partial charge < -0.3 is 14.4 Å². The van der Waals surface area contributed by atoms with Gasteiger partial charge in [-0.05, 0) is 41.3 Å². The van der Waals surface area contributed by atoms with E-state index in [0.717, 1.165) is 0 Å². The van der Waals surface area contributed by atoms with Crippen LogP contribution in [0.2, 0.25) is 0 Å². The van der Waals surface area contributed by atoms with Crippen LogP contribution in [0.3, 0.4) is 0 Å². The van der Waals surface area contributed by atoms with Gasteiger partial charge in [-0.2, -0.15) is 0 Å². The zero-order valence-corrected chi connectivity index (χ0v) is 12.6. The molecule has 0 spiro atoms. The van der Waals surface area contributed by atoms with Crippen LogP contribution in [0.5, 0.6) is 0 Å². The molecule has 2 unspecified atom stereocenters. The van der Waals surface area contributed by atoms with Crippen LogP contribution in [0.4, 0.5) is 4.79 Å². The van der Waals surface area contributed by atoms with Crippen molar-refractivity contribution >= 4 is 12.1 Å². The molecule has 6 nitrogen and oxygen atoms in total. The number of amides is 1. The van der Waals surface area contributed by atoms with Gasteiger partial charge >= 0.3 is 12.1 Å². The molecule has 2 atom stereocenters. The van der Waals surface area contributed by atoms with Crippen molar-refractivity contribution in [2.75, 3.05) is 27.7 Å². The maximum Gasteiger partial charge on any atom is 0.411 e. The Bertz CT molecular complexity index is 349. The van der Waals surface area contributed by atoms with E-state index in [1.54, 1.807) is 20.8 Å². The summed E-state index contributed by atoms with van der Waals surface area (Å²) in [5.41, 5.74) is -0.575. The number of methoxy groups -OCH3 is 1. The highest BCUT2D eigenvalue weighted by Gasteiger charge is 2.42. The average Bonchev–Trinajstić information content (AvgIpc) is 2.70. The van der Waals surface area contributed by atoms with Crippen molar-refractivity contribution in [3.8, 4) is 0 Å². The zero-order valence-electron chi connectivity index (χ0n) is 12.6. The molecule has 1 aliphatic heterocycles. The molecule has 0 aromatic carbocycles. The van der Waals surface area contributed by atoms with Gasteiger partial charge in [0.15, 0.2) is 0 Å². The Kier molecular flexibility index (Phi) is 4.79. The van der Waals surface area contributed by atoms with Crippen molar-refractivity contribution in [3.63, 3.8) is 0 Å². The van der Waals surface area contributed by atoms with E-state index in [1.807, 2.05) is 19.0 Å². The lowest BCUT2D eigenvalue weighted by molar-refractivity contribution is -0.145. The molecule has 1 rings (SSSR count). The Morgan fingerprint density at radius 2 is 1.84 bits per heavy atom. The standard InChI is InChI=1S/C13H24N2O4/c1-13(2,3)19-12(17)15-8-9(14(4)5)7-10(15)11(16)18-6/h9-10H,7-8H2,1-6H3. The fourth-order valence-corrected chi connectivity index (χ4v) is 2.07. The maximum atomic E-state index is 12.1. The normalized spacial score (nSPS) is 23.6. The first-order chi connectivity index (χ1) is 8.65. The van der Waals surface area contributed by atoms with Crippen molar-refractivity contribution in [1.82, 2.24) is 9.80 Å². The van der Waals surface area contributed by atoms with Crippen LogP contribution in [-0.2, 0) is 14.3 Å². The van der Waals surface area contributed by atoms with Crippen LogP contribution in [0, 0.1) is 0 Å². The second-order valence-corrected chi connectivity index (χ2v) is 6.02. The van der Waals surface area contributed by atoms with E-state index >= 15 is 0 Å². The predicted octanol–water partition coefficient (Wildman–Crippen LogP) is 1.10. The molecule has 0 saturated carbocycles. The fraction of sp³-hybridized carbons (Fsp3) is 0.846. The summed E-state index contributed by atoms with van der Waals surface area (Å²) in [6.07, 6.45) is 0.103. The van der Waals surface area contributed by atoms with Crippen molar-refractivity contribution < 1.29 is 19.1 Å². The quantitative estimate of drug-likeness (QED) is 0.704. The lowest BCUT2D eigenvalue weighted by Crippen LogP contribution is -2.44. The van der Waals surface area contributed by atoms with Gasteiger partial charge in [0.05, 0.1) is 7.11 Å². The van der Waals surface area contributed by atoms with E-state index in [0.29, 0.717) is 13.0 Å². The summed E-state index contributed by atoms with van der Waals surface area (Å²) in [7, 11) is 5.19. The summed E-state index contributed by atoms with van der Waals surface area (Å²) in [5, 5.41) is 0. The molecular formula is C13H24N2O4. The first-order valence-electron chi connectivity index (χ1n) is 6.39. The number of rotatable bonds is 2. The second kappa shape index (κ2) is 5.77. The molecule has 0 N–H and O–H groups in total. The van der Waals surface area contributed by atoms with E-state index in [2.05, 4.69) is 0 Å². The Balaban J connectivity index is 2.83. The number of carbonyl (C=O) groups excluding carboxylic acids is 2. The van der Waals surface area contributed by atoms with Crippen molar-refractivity contribution in [2.24, 2.45) is 0 Å². The van der Waals surface area contributed by atoms with Gasteiger partial charge in [-0.25, -0.2) is 9.59 Å². The second-order valence-electron chi connectivity index (χ2n) is 6.02. The van der Waals surface area contributed by atoms with Gasteiger partial charge in [0, 0.05) is 12.6 Å². The smallest absolute Gasteiger partial charge is 0.411 e. The zero-order chi connectivity index (χ0) is 14.8. The predicted molar refractivity (Wildman–Crippen MR) is 70.8 cm³/mol. The van der Waals surface area contributed by atoms with Crippen LogP contribution in [0.15, 0.2) is 0 Å². The molecule has 110 valence electrons. The molecule has 1 aliphatic rings. The van der Waals surface area contributed by atoms with Gasteiger partial charge in [0.1, 0.15) is 11.6 Å². The third-order valence-electron chi connectivity index (χ3n) is 3.11. The summed E-state index contributed by atoms with van der Waals surface area (Å²) in [6, 6.07) is -0.427. The maximum absolute atomic E-state index is 12.1. The average molecular weight is 272 g/mol. The fourth-order valence-electron chi connectivity index (χ4n) is 2.07. The Morgan fingerprint density at radius 3 is 2.26 bits per heavy atom. The van der Waals surface area contributed by atoms with Gasteiger partial charge in [-0.1, -0.05) is 0 Å².